The predicted molar refractivity (Wildman–Crippen MR) is 160 cm³/mol. The van der Waals surface area contributed by atoms with Crippen LogP contribution in [0, 0.1) is 5.92 Å². The van der Waals surface area contributed by atoms with E-state index in [2.05, 4.69) is 32.2 Å². The van der Waals surface area contributed by atoms with Crippen LogP contribution >= 0.6 is 0 Å². The first-order valence-electron chi connectivity index (χ1n) is 14.5. The molecule has 0 amide bonds. The van der Waals surface area contributed by atoms with Gasteiger partial charge in [-0.3, -0.25) is 0 Å². The van der Waals surface area contributed by atoms with Gasteiger partial charge in [0.1, 0.15) is 37.9 Å². The molecule has 0 radical (unpaired) electrons. The summed E-state index contributed by atoms with van der Waals surface area (Å²) in [6.45, 7) is 13.4. The maximum absolute atomic E-state index is 11.9. The highest BCUT2D eigenvalue weighted by molar-refractivity contribution is 5.87. The highest BCUT2D eigenvalue weighted by atomic mass is 16.6. The molecule has 0 aliphatic heterocycles. The smallest absolute Gasteiger partial charge is 0.333 e. The third-order valence-electron chi connectivity index (χ3n) is 7.29. The van der Waals surface area contributed by atoms with E-state index in [0.29, 0.717) is 40.9 Å². The summed E-state index contributed by atoms with van der Waals surface area (Å²) in [5, 5.41) is 9.21. The van der Waals surface area contributed by atoms with Gasteiger partial charge in [-0.2, -0.15) is 0 Å². The van der Waals surface area contributed by atoms with Crippen LogP contribution < -0.4 is 9.47 Å². The zero-order valence-corrected chi connectivity index (χ0v) is 24.7. The Morgan fingerprint density at radius 1 is 0.829 bits per heavy atom. The summed E-state index contributed by atoms with van der Waals surface area (Å²) in [7, 11) is 0. The molecule has 1 saturated carbocycles. The summed E-state index contributed by atoms with van der Waals surface area (Å²) in [5.74, 6) is 1.48. The van der Waals surface area contributed by atoms with E-state index in [-0.39, 0.29) is 33.0 Å². The first-order valence-corrected chi connectivity index (χ1v) is 14.5. The van der Waals surface area contributed by atoms with Gasteiger partial charge in [0.2, 0.25) is 0 Å². The highest BCUT2D eigenvalue weighted by Crippen LogP contribution is 2.44. The van der Waals surface area contributed by atoms with Crippen LogP contribution in [0.4, 0.5) is 0 Å². The van der Waals surface area contributed by atoms with E-state index in [1.807, 2.05) is 24.3 Å². The fourth-order valence-electron chi connectivity index (χ4n) is 4.89. The number of benzene rings is 2. The van der Waals surface area contributed by atoms with Gasteiger partial charge in [0.25, 0.3) is 0 Å². The summed E-state index contributed by atoms with van der Waals surface area (Å²) in [4.78, 5) is 23.7. The molecule has 7 nitrogen and oxygen atoms in total. The van der Waals surface area contributed by atoms with Gasteiger partial charge in [0, 0.05) is 17.8 Å². The molecule has 0 saturated heterocycles. The normalized spacial score (nSPS) is 16.5. The lowest BCUT2D eigenvalue weighted by molar-refractivity contribution is -0.140. The number of esters is 2. The molecule has 0 unspecified atom stereocenters. The third-order valence-corrected chi connectivity index (χ3v) is 7.29. The maximum Gasteiger partial charge on any atom is 0.333 e. The Morgan fingerprint density at radius 3 is 1.80 bits per heavy atom. The van der Waals surface area contributed by atoms with Crippen molar-refractivity contribution >= 4 is 11.9 Å². The topological polar surface area (TPSA) is 91.3 Å². The Bertz CT molecular complexity index is 1140. The van der Waals surface area contributed by atoms with E-state index in [9.17, 15) is 14.7 Å². The second-order valence-corrected chi connectivity index (χ2v) is 10.9. The van der Waals surface area contributed by atoms with Crippen LogP contribution in [0.25, 0.3) is 11.1 Å². The SMILES string of the molecule is C=C(C)C(=O)OCCOc1cc(C2CCC(C)CC2)cc(OCCOC(=O)C(=C)C)c1-c1ccc(CCCO)cc1. The third kappa shape index (κ3) is 9.78. The van der Waals surface area contributed by atoms with Crippen molar-refractivity contribution in [1.29, 1.82) is 0 Å². The van der Waals surface area contributed by atoms with Crippen molar-refractivity contribution in [2.24, 2.45) is 5.92 Å². The van der Waals surface area contributed by atoms with E-state index in [1.54, 1.807) is 13.8 Å². The van der Waals surface area contributed by atoms with Crippen molar-refractivity contribution in [2.45, 2.75) is 65.2 Å². The number of aryl methyl sites for hydroxylation is 1. The standard InChI is InChI=1S/C34H44O7/c1-23(2)33(36)40-19-17-38-30-21-29(27-12-8-25(5)9-13-27)22-31(39-18-20-41-34(37)24(3)4)32(30)28-14-10-26(11-15-28)7-6-16-35/h10-11,14-15,21-22,25,27,35H,1,3,6-9,12-13,16-20H2,2,4-5H3. The Balaban J connectivity index is 1.95. The molecule has 1 N–H and O–H groups in total. The van der Waals surface area contributed by atoms with Crippen molar-refractivity contribution in [3.8, 4) is 22.6 Å². The Hall–Kier alpha value is -3.58. The van der Waals surface area contributed by atoms with Crippen molar-refractivity contribution in [3.05, 3.63) is 71.8 Å². The monoisotopic (exact) mass is 564 g/mol. The summed E-state index contributed by atoms with van der Waals surface area (Å²) < 4.78 is 23.1. The van der Waals surface area contributed by atoms with Crippen LogP contribution in [0.2, 0.25) is 0 Å². The number of rotatable bonds is 15. The Morgan fingerprint density at radius 2 is 1.34 bits per heavy atom. The average Bonchev–Trinajstić information content (AvgIpc) is 2.96. The number of aliphatic hydroxyl groups is 1. The van der Waals surface area contributed by atoms with E-state index in [4.69, 9.17) is 18.9 Å². The van der Waals surface area contributed by atoms with Crippen molar-refractivity contribution in [2.75, 3.05) is 33.0 Å². The molecule has 0 aromatic heterocycles. The van der Waals surface area contributed by atoms with Crippen LogP contribution in [0.15, 0.2) is 60.7 Å². The van der Waals surface area contributed by atoms with Gasteiger partial charge >= 0.3 is 11.9 Å². The van der Waals surface area contributed by atoms with E-state index in [1.165, 1.54) is 12.8 Å². The van der Waals surface area contributed by atoms with Gasteiger partial charge in [0.15, 0.2) is 0 Å². The fraction of sp³-hybridized carbons (Fsp3) is 0.471. The lowest BCUT2D eigenvalue weighted by Crippen LogP contribution is -2.15. The van der Waals surface area contributed by atoms with Gasteiger partial charge in [-0.05, 0) is 80.2 Å². The number of aliphatic hydroxyl groups excluding tert-OH is 1. The molecule has 3 rings (SSSR count). The molecule has 2 aromatic carbocycles. The summed E-state index contributed by atoms with van der Waals surface area (Å²) in [5.41, 5.74) is 4.63. The van der Waals surface area contributed by atoms with Crippen molar-refractivity contribution in [1.82, 2.24) is 0 Å². The molecule has 0 atom stereocenters. The second kappa shape index (κ2) is 16.0. The molecular weight excluding hydrogens is 520 g/mol. The Labute approximate surface area is 244 Å². The summed E-state index contributed by atoms with van der Waals surface area (Å²) >= 11 is 0. The van der Waals surface area contributed by atoms with Crippen LogP contribution in [-0.2, 0) is 25.5 Å². The lowest BCUT2D eigenvalue weighted by Gasteiger charge is -2.28. The first-order chi connectivity index (χ1) is 19.7. The molecule has 1 aliphatic rings. The first kappa shape index (κ1) is 31.9. The van der Waals surface area contributed by atoms with E-state index in [0.717, 1.165) is 41.5 Å². The number of ether oxygens (including phenoxy) is 4. The van der Waals surface area contributed by atoms with Crippen LogP contribution in [-0.4, -0.2) is 50.1 Å². The van der Waals surface area contributed by atoms with Crippen molar-refractivity contribution < 1.29 is 33.6 Å². The highest BCUT2D eigenvalue weighted by Gasteiger charge is 2.24. The molecule has 0 spiro atoms. The van der Waals surface area contributed by atoms with Crippen LogP contribution in [0.5, 0.6) is 11.5 Å². The lowest BCUT2D eigenvalue weighted by atomic mass is 9.79. The molecule has 1 aliphatic carbocycles. The number of hydrogen-bond acceptors (Lipinski definition) is 7. The molecule has 7 heteroatoms. The summed E-state index contributed by atoms with van der Waals surface area (Å²) in [6, 6.07) is 12.3. The van der Waals surface area contributed by atoms with Crippen LogP contribution in [0.1, 0.15) is 69.9 Å². The van der Waals surface area contributed by atoms with Gasteiger partial charge < -0.3 is 24.1 Å². The molecule has 0 heterocycles. The quantitative estimate of drug-likeness (QED) is 0.149. The Kier molecular flexibility index (Phi) is 12.5. The largest absolute Gasteiger partial charge is 0.489 e. The molecule has 0 bridgehead atoms. The minimum Gasteiger partial charge on any atom is -0.489 e. The number of hydrogen-bond donors (Lipinski definition) is 1. The number of carbonyl (C=O) groups is 2. The minimum absolute atomic E-state index is 0.0868. The van der Waals surface area contributed by atoms with Crippen LogP contribution in [0.3, 0.4) is 0 Å². The predicted octanol–water partition coefficient (Wildman–Crippen LogP) is 6.57. The summed E-state index contributed by atoms with van der Waals surface area (Å²) in [6.07, 6.45) is 5.99. The van der Waals surface area contributed by atoms with Gasteiger partial charge in [-0.15, -0.1) is 0 Å². The molecule has 222 valence electrons. The zero-order valence-electron chi connectivity index (χ0n) is 24.7. The van der Waals surface area contributed by atoms with Gasteiger partial charge in [0.05, 0.1) is 5.56 Å². The zero-order chi connectivity index (χ0) is 29.8. The molecule has 41 heavy (non-hydrogen) atoms. The molecule has 2 aromatic rings. The minimum atomic E-state index is -0.453. The maximum atomic E-state index is 11.9. The van der Waals surface area contributed by atoms with E-state index >= 15 is 0 Å². The fourth-order valence-corrected chi connectivity index (χ4v) is 4.89. The van der Waals surface area contributed by atoms with Crippen molar-refractivity contribution in [3.63, 3.8) is 0 Å². The van der Waals surface area contributed by atoms with Gasteiger partial charge in [-0.25, -0.2) is 9.59 Å². The average molecular weight is 565 g/mol. The molecular formula is C34H44O7. The molecule has 1 fully saturated rings. The van der Waals surface area contributed by atoms with Gasteiger partial charge in [-0.1, -0.05) is 57.2 Å². The number of carbonyl (C=O) groups excluding carboxylic acids is 2. The van der Waals surface area contributed by atoms with E-state index < -0.39 is 11.9 Å². The second-order valence-electron chi connectivity index (χ2n) is 10.9.